The third-order valence-electron chi connectivity index (χ3n) is 4.16. The zero-order chi connectivity index (χ0) is 25.4. The molecule has 16 heteroatoms. The molecule has 16 nitrogen and oxygen atoms in total. The zero-order valence-corrected chi connectivity index (χ0v) is 18.2. The topological polar surface area (TPSA) is 300 Å². The monoisotopic (exact) mass is 474 g/mol. The van der Waals surface area contributed by atoms with Crippen molar-refractivity contribution in [2.24, 2.45) is 38.7 Å². The molecule has 0 rings (SSSR count). The number of aliphatic hydroxyl groups is 1. The van der Waals surface area contributed by atoms with Crippen molar-refractivity contribution in [3.8, 4) is 0 Å². The number of carbonyl (C=O) groups excluding carboxylic acids is 3. The van der Waals surface area contributed by atoms with Crippen LogP contribution in [0.1, 0.15) is 25.7 Å². The van der Waals surface area contributed by atoms with Gasteiger partial charge in [-0.2, -0.15) is 0 Å². The third-order valence-corrected chi connectivity index (χ3v) is 4.16. The number of carboxylic acid groups (broad SMARTS) is 1. The van der Waals surface area contributed by atoms with E-state index < -0.39 is 48.4 Å². The second-order valence-electron chi connectivity index (χ2n) is 6.87. The van der Waals surface area contributed by atoms with Gasteiger partial charge in [0.25, 0.3) is 0 Å². The minimum atomic E-state index is -1.47. The first-order valence-corrected chi connectivity index (χ1v) is 10.1. The lowest BCUT2D eigenvalue weighted by Crippen LogP contribution is -2.57. The molecule has 3 atom stereocenters. The van der Waals surface area contributed by atoms with Gasteiger partial charge in [-0.1, -0.05) is 0 Å². The number of rotatable bonds is 16. The lowest BCUT2D eigenvalue weighted by atomic mass is 10.1. The van der Waals surface area contributed by atoms with Gasteiger partial charge >= 0.3 is 5.97 Å². The van der Waals surface area contributed by atoms with Gasteiger partial charge < -0.3 is 54.8 Å². The average molecular weight is 475 g/mol. The molecule has 0 aromatic rings. The lowest BCUT2D eigenvalue weighted by Gasteiger charge is -2.23. The van der Waals surface area contributed by atoms with Crippen molar-refractivity contribution in [2.75, 3.05) is 26.2 Å². The molecule has 0 aliphatic carbocycles. The Morgan fingerprint density at radius 2 is 1.21 bits per heavy atom. The first-order chi connectivity index (χ1) is 15.5. The Bertz CT molecular complexity index is 721. The second kappa shape index (κ2) is 16.0. The predicted molar refractivity (Wildman–Crippen MR) is 119 cm³/mol. The van der Waals surface area contributed by atoms with Gasteiger partial charge in [-0.25, -0.2) is 4.79 Å². The zero-order valence-electron chi connectivity index (χ0n) is 18.2. The van der Waals surface area contributed by atoms with Crippen molar-refractivity contribution in [1.82, 2.24) is 16.0 Å². The third kappa shape index (κ3) is 13.4. The van der Waals surface area contributed by atoms with Gasteiger partial charge in [0.15, 0.2) is 11.9 Å². The van der Waals surface area contributed by atoms with Crippen LogP contribution in [0.5, 0.6) is 0 Å². The van der Waals surface area contributed by atoms with Crippen LogP contribution in [0.2, 0.25) is 0 Å². The second-order valence-corrected chi connectivity index (χ2v) is 6.87. The summed E-state index contributed by atoms with van der Waals surface area (Å²) in [6, 6.07) is -3.86. The fourth-order valence-corrected chi connectivity index (χ4v) is 2.53. The molecule has 0 saturated carbocycles. The molecule has 0 heterocycles. The van der Waals surface area contributed by atoms with Crippen LogP contribution in [0.4, 0.5) is 0 Å². The van der Waals surface area contributed by atoms with Crippen LogP contribution in [-0.2, 0) is 19.2 Å². The number of aliphatic carboxylic acids is 1. The number of nitrogens with one attached hydrogen (secondary N) is 3. The number of aliphatic hydroxyl groups excluding tert-OH is 1. The molecule has 3 amide bonds. The highest BCUT2D eigenvalue weighted by molar-refractivity contribution is 5.93. The Kier molecular flexibility index (Phi) is 14.3. The summed E-state index contributed by atoms with van der Waals surface area (Å²) in [4.78, 5) is 55.6. The highest BCUT2D eigenvalue weighted by atomic mass is 16.4. The van der Waals surface area contributed by atoms with E-state index >= 15 is 0 Å². The van der Waals surface area contributed by atoms with Crippen molar-refractivity contribution in [2.45, 2.75) is 43.8 Å². The Labute approximate surface area is 190 Å². The van der Waals surface area contributed by atoms with Crippen LogP contribution in [0, 0.1) is 0 Å². The first-order valence-electron chi connectivity index (χ1n) is 10.1. The number of amides is 3. The van der Waals surface area contributed by atoms with Crippen LogP contribution >= 0.6 is 0 Å². The number of guanidine groups is 2. The number of carbonyl (C=O) groups is 4. The van der Waals surface area contributed by atoms with Crippen LogP contribution in [0.15, 0.2) is 9.98 Å². The van der Waals surface area contributed by atoms with E-state index in [-0.39, 0.29) is 50.8 Å². The summed E-state index contributed by atoms with van der Waals surface area (Å²) in [5.41, 5.74) is 26.1. The smallest absolute Gasteiger partial charge is 0.326 e. The van der Waals surface area contributed by atoms with Crippen LogP contribution < -0.4 is 44.6 Å². The van der Waals surface area contributed by atoms with Crippen molar-refractivity contribution in [1.29, 1.82) is 0 Å². The molecule has 0 aromatic heterocycles. The summed E-state index contributed by atoms with van der Waals surface area (Å²) in [6.07, 6.45) is 0.683. The highest BCUT2D eigenvalue weighted by Crippen LogP contribution is 2.02. The summed E-state index contributed by atoms with van der Waals surface area (Å²) >= 11 is 0. The predicted octanol–water partition coefficient (Wildman–Crippen LogP) is -5.42. The maximum Gasteiger partial charge on any atom is 0.326 e. The van der Waals surface area contributed by atoms with Crippen LogP contribution in [-0.4, -0.2) is 90.2 Å². The average Bonchev–Trinajstić information content (AvgIpc) is 2.74. The fraction of sp³-hybridized carbons (Fsp3) is 0.647. The number of carboxylic acids is 1. The van der Waals surface area contributed by atoms with E-state index in [1.54, 1.807) is 0 Å². The van der Waals surface area contributed by atoms with E-state index in [1.807, 2.05) is 0 Å². The van der Waals surface area contributed by atoms with Gasteiger partial charge in [0.2, 0.25) is 17.7 Å². The summed E-state index contributed by atoms with van der Waals surface area (Å²) < 4.78 is 0. The molecule has 33 heavy (non-hydrogen) atoms. The molecule has 0 saturated heterocycles. The SMILES string of the molecule is NCC(=O)NC(CCCN=C(N)N)C(=O)NC(CO)C(=O)NC(CCCN=C(N)N)C(=O)O. The highest BCUT2D eigenvalue weighted by Gasteiger charge is 2.28. The molecule has 0 aromatic carbocycles. The maximum atomic E-state index is 12.6. The van der Waals surface area contributed by atoms with Crippen molar-refractivity contribution < 1.29 is 29.4 Å². The largest absolute Gasteiger partial charge is 0.480 e. The summed E-state index contributed by atoms with van der Waals surface area (Å²) in [5.74, 6) is -3.92. The van der Waals surface area contributed by atoms with E-state index in [4.69, 9.17) is 28.7 Å². The number of nitrogens with two attached hydrogens (primary N) is 5. The summed E-state index contributed by atoms with van der Waals surface area (Å²) in [5, 5.41) is 25.8. The van der Waals surface area contributed by atoms with Crippen molar-refractivity contribution in [3.05, 3.63) is 0 Å². The molecule has 3 unspecified atom stereocenters. The molecule has 0 fully saturated rings. The van der Waals surface area contributed by atoms with Gasteiger partial charge in [-0.05, 0) is 25.7 Å². The Morgan fingerprint density at radius 1 is 0.758 bits per heavy atom. The number of nitrogens with zero attached hydrogens (tertiary/aromatic N) is 2. The standard InChI is InChI=1S/C17H34N10O6/c18-7-12(29)25-9(3-1-5-23-16(19)20)13(30)27-11(8-28)14(31)26-10(15(32)33)4-2-6-24-17(21)22/h9-11,28H,1-8,18H2,(H,25,29)(H,26,31)(H,27,30)(H,32,33)(H4,19,20,23)(H4,21,22,24). The van der Waals surface area contributed by atoms with Gasteiger partial charge in [-0.3, -0.25) is 24.4 Å². The minimum absolute atomic E-state index is 0.00389. The molecule has 188 valence electrons. The molecular weight excluding hydrogens is 440 g/mol. The normalized spacial score (nSPS) is 13.0. The van der Waals surface area contributed by atoms with Crippen LogP contribution in [0.3, 0.4) is 0 Å². The maximum absolute atomic E-state index is 12.6. The molecular formula is C17H34N10O6. The molecule has 0 aliphatic heterocycles. The summed E-state index contributed by atoms with van der Waals surface area (Å²) in [7, 11) is 0. The molecule has 0 bridgehead atoms. The van der Waals surface area contributed by atoms with Gasteiger partial charge in [0.05, 0.1) is 13.2 Å². The van der Waals surface area contributed by atoms with E-state index in [2.05, 4.69) is 25.9 Å². The Balaban J connectivity index is 5.07. The Morgan fingerprint density at radius 3 is 1.64 bits per heavy atom. The van der Waals surface area contributed by atoms with Gasteiger partial charge in [-0.15, -0.1) is 0 Å². The lowest BCUT2D eigenvalue weighted by molar-refractivity contribution is -0.142. The number of aliphatic imine (C=N–C) groups is 2. The number of hydrogen-bond donors (Lipinski definition) is 10. The van der Waals surface area contributed by atoms with Gasteiger partial charge in [0, 0.05) is 13.1 Å². The van der Waals surface area contributed by atoms with E-state index in [0.29, 0.717) is 6.42 Å². The fourth-order valence-electron chi connectivity index (χ4n) is 2.53. The number of hydrogen-bond acceptors (Lipinski definition) is 8. The molecule has 0 spiro atoms. The van der Waals surface area contributed by atoms with E-state index in [1.165, 1.54) is 0 Å². The summed E-state index contributed by atoms with van der Waals surface area (Å²) in [6.45, 7) is -0.843. The van der Waals surface area contributed by atoms with E-state index in [0.717, 1.165) is 0 Å². The first kappa shape index (κ1) is 29.3. The Hall–Kier alpha value is -3.66. The molecule has 15 N–H and O–H groups in total. The van der Waals surface area contributed by atoms with Gasteiger partial charge in [0.1, 0.15) is 18.1 Å². The van der Waals surface area contributed by atoms with Crippen LogP contribution in [0.25, 0.3) is 0 Å². The molecule has 0 aliphatic rings. The minimum Gasteiger partial charge on any atom is -0.480 e. The molecule has 0 radical (unpaired) electrons. The van der Waals surface area contributed by atoms with Crippen molar-refractivity contribution in [3.63, 3.8) is 0 Å². The van der Waals surface area contributed by atoms with Crippen molar-refractivity contribution >= 4 is 35.6 Å². The quantitative estimate of drug-likeness (QED) is 0.0571. The van der Waals surface area contributed by atoms with E-state index in [9.17, 15) is 29.4 Å².